The molecule has 0 spiro atoms. The van der Waals surface area contributed by atoms with Gasteiger partial charge in [-0.1, -0.05) is 11.6 Å². The number of tetrazole rings is 1. The van der Waals surface area contributed by atoms with Crippen LogP contribution < -0.4 is 9.47 Å². The molecule has 1 aromatic heterocycles. The number of methoxy groups -OCH3 is 2. The number of halogens is 2. The molecule has 0 atom stereocenters. The normalized spacial score (nSPS) is 10.4. The lowest BCUT2D eigenvalue weighted by Gasteiger charge is -2.12. The minimum absolute atomic E-state index is 0.180. The predicted molar refractivity (Wildman–Crippen MR) is 66.8 cm³/mol. The fourth-order valence-electron chi connectivity index (χ4n) is 1.49. The third kappa shape index (κ3) is 2.21. The van der Waals surface area contributed by atoms with Crippen molar-refractivity contribution in [3.8, 4) is 17.2 Å². The molecule has 96 valence electrons. The molecule has 2 rings (SSSR count). The molecule has 0 aliphatic rings. The van der Waals surface area contributed by atoms with E-state index in [1.807, 2.05) is 0 Å². The Kier molecular flexibility index (Phi) is 3.88. The van der Waals surface area contributed by atoms with Crippen LogP contribution in [0.2, 0.25) is 5.02 Å². The highest BCUT2D eigenvalue weighted by Crippen LogP contribution is 2.34. The Morgan fingerprint density at radius 1 is 1.22 bits per heavy atom. The van der Waals surface area contributed by atoms with Gasteiger partial charge in [-0.15, -0.1) is 16.7 Å². The Morgan fingerprint density at radius 2 is 1.94 bits per heavy atom. The summed E-state index contributed by atoms with van der Waals surface area (Å²) in [6, 6.07) is 3.32. The van der Waals surface area contributed by atoms with E-state index in [0.717, 1.165) is 0 Å². The third-order valence-corrected chi connectivity index (χ3v) is 2.87. The van der Waals surface area contributed by atoms with Crippen molar-refractivity contribution in [1.29, 1.82) is 0 Å². The van der Waals surface area contributed by atoms with Crippen molar-refractivity contribution < 1.29 is 9.47 Å². The van der Waals surface area contributed by atoms with Gasteiger partial charge in [-0.25, -0.2) is 0 Å². The SMILES string of the molecule is COc1cc(OC)c(-n2nnnc2CCl)cc1Cl. The van der Waals surface area contributed by atoms with Crippen LogP contribution in [-0.4, -0.2) is 34.4 Å². The van der Waals surface area contributed by atoms with Crippen LogP contribution in [-0.2, 0) is 5.88 Å². The van der Waals surface area contributed by atoms with Crippen molar-refractivity contribution in [3.63, 3.8) is 0 Å². The summed E-state index contributed by atoms with van der Waals surface area (Å²) in [6.45, 7) is 0. The Hall–Kier alpha value is -1.53. The molecule has 0 aliphatic heterocycles. The van der Waals surface area contributed by atoms with E-state index in [9.17, 15) is 0 Å². The molecular formula is C10H10Cl2N4O2. The molecule has 18 heavy (non-hydrogen) atoms. The molecule has 0 fully saturated rings. The number of rotatable bonds is 4. The lowest BCUT2D eigenvalue weighted by Crippen LogP contribution is -2.04. The first-order valence-corrected chi connectivity index (χ1v) is 5.87. The van der Waals surface area contributed by atoms with Crippen molar-refractivity contribution in [1.82, 2.24) is 20.2 Å². The maximum absolute atomic E-state index is 6.08. The Bertz CT molecular complexity index is 559. The zero-order chi connectivity index (χ0) is 13.1. The average molecular weight is 289 g/mol. The largest absolute Gasteiger partial charge is 0.495 e. The molecule has 0 saturated carbocycles. The smallest absolute Gasteiger partial charge is 0.171 e. The van der Waals surface area contributed by atoms with E-state index < -0.39 is 0 Å². The summed E-state index contributed by atoms with van der Waals surface area (Å²) in [5, 5.41) is 11.7. The van der Waals surface area contributed by atoms with Crippen molar-refractivity contribution in [2.24, 2.45) is 0 Å². The van der Waals surface area contributed by atoms with E-state index in [4.69, 9.17) is 32.7 Å². The van der Waals surface area contributed by atoms with E-state index in [1.54, 1.807) is 12.1 Å². The Labute approximate surface area is 113 Å². The summed E-state index contributed by atoms with van der Waals surface area (Å²) in [5.41, 5.74) is 0.601. The second kappa shape index (κ2) is 5.41. The maximum Gasteiger partial charge on any atom is 0.171 e. The Balaban J connectivity index is 2.60. The van der Waals surface area contributed by atoms with Gasteiger partial charge in [0.05, 0.1) is 25.1 Å². The van der Waals surface area contributed by atoms with Crippen molar-refractivity contribution >= 4 is 23.2 Å². The number of hydrogen-bond donors (Lipinski definition) is 0. The number of hydrogen-bond acceptors (Lipinski definition) is 5. The zero-order valence-electron chi connectivity index (χ0n) is 9.72. The fourth-order valence-corrected chi connectivity index (χ4v) is 1.89. The molecule has 0 unspecified atom stereocenters. The highest BCUT2D eigenvalue weighted by atomic mass is 35.5. The van der Waals surface area contributed by atoms with Gasteiger partial charge in [0.2, 0.25) is 0 Å². The topological polar surface area (TPSA) is 62.1 Å². The van der Waals surface area contributed by atoms with Gasteiger partial charge < -0.3 is 9.47 Å². The quantitative estimate of drug-likeness (QED) is 0.806. The van der Waals surface area contributed by atoms with Crippen molar-refractivity contribution in [3.05, 3.63) is 23.0 Å². The number of ether oxygens (including phenoxy) is 2. The second-order valence-electron chi connectivity index (χ2n) is 3.30. The molecule has 0 bridgehead atoms. The molecule has 0 radical (unpaired) electrons. The van der Waals surface area contributed by atoms with E-state index in [1.165, 1.54) is 18.9 Å². The van der Waals surface area contributed by atoms with Gasteiger partial charge in [0.25, 0.3) is 0 Å². The van der Waals surface area contributed by atoms with Gasteiger partial charge in [-0.05, 0) is 16.5 Å². The maximum atomic E-state index is 6.08. The van der Waals surface area contributed by atoms with Crippen LogP contribution in [0.3, 0.4) is 0 Å². The molecule has 6 nitrogen and oxygen atoms in total. The zero-order valence-corrected chi connectivity index (χ0v) is 11.2. The molecular weight excluding hydrogens is 279 g/mol. The predicted octanol–water partition coefficient (Wildman–Crippen LogP) is 2.07. The van der Waals surface area contributed by atoms with E-state index in [-0.39, 0.29) is 5.88 Å². The number of alkyl halides is 1. The summed E-state index contributed by atoms with van der Waals surface area (Å²) in [5.74, 6) is 1.73. The van der Waals surface area contributed by atoms with Gasteiger partial charge in [-0.2, -0.15) is 4.68 Å². The summed E-state index contributed by atoms with van der Waals surface area (Å²) in [7, 11) is 3.07. The number of aromatic nitrogens is 4. The fraction of sp³-hybridized carbons (Fsp3) is 0.300. The van der Waals surface area contributed by atoms with Crippen LogP contribution in [0.1, 0.15) is 5.82 Å². The van der Waals surface area contributed by atoms with Crippen molar-refractivity contribution in [2.75, 3.05) is 14.2 Å². The van der Waals surface area contributed by atoms with E-state index in [2.05, 4.69) is 15.5 Å². The summed E-state index contributed by atoms with van der Waals surface area (Å²) in [6.07, 6.45) is 0. The second-order valence-corrected chi connectivity index (χ2v) is 3.97. The van der Waals surface area contributed by atoms with Crippen LogP contribution in [0, 0.1) is 0 Å². The van der Waals surface area contributed by atoms with Gasteiger partial charge >= 0.3 is 0 Å². The summed E-state index contributed by atoms with van der Waals surface area (Å²) < 4.78 is 11.9. The molecule has 8 heteroatoms. The summed E-state index contributed by atoms with van der Waals surface area (Å²) >= 11 is 11.8. The number of benzene rings is 1. The molecule has 1 aromatic carbocycles. The minimum Gasteiger partial charge on any atom is -0.495 e. The average Bonchev–Trinajstić information content (AvgIpc) is 2.86. The monoisotopic (exact) mass is 288 g/mol. The van der Waals surface area contributed by atoms with Crippen LogP contribution in [0.4, 0.5) is 0 Å². The standard InChI is InChI=1S/C10H10Cl2N4O2/c1-17-8-4-9(18-2)7(3-6(8)12)16-10(5-11)13-14-15-16/h3-4H,5H2,1-2H3. The van der Waals surface area contributed by atoms with Crippen LogP contribution in [0.25, 0.3) is 5.69 Å². The van der Waals surface area contributed by atoms with Gasteiger partial charge in [0, 0.05) is 6.07 Å². The van der Waals surface area contributed by atoms with Crippen LogP contribution in [0.5, 0.6) is 11.5 Å². The number of nitrogens with zero attached hydrogens (tertiary/aromatic N) is 4. The first-order valence-electron chi connectivity index (χ1n) is 4.96. The lowest BCUT2D eigenvalue weighted by molar-refractivity contribution is 0.392. The Morgan fingerprint density at radius 3 is 2.56 bits per heavy atom. The molecule has 1 heterocycles. The van der Waals surface area contributed by atoms with E-state index >= 15 is 0 Å². The molecule has 0 amide bonds. The van der Waals surface area contributed by atoms with E-state index in [0.29, 0.717) is 28.0 Å². The van der Waals surface area contributed by atoms with Gasteiger partial charge in [0.1, 0.15) is 17.2 Å². The highest BCUT2D eigenvalue weighted by molar-refractivity contribution is 6.32. The third-order valence-electron chi connectivity index (χ3n) is 2.34. The van der Waals surface area contributed by atoms with Gasteiger partial charge in [0.15, 0.2) is 5.82 Å². The highest BCUT2D eigenvalue weighted by Gasteiger charge is 2.15. The molecule has 0 saturated heterocycles. The molecule has 0 aliphatic carbocycles. The van der Waals surface area contributed by atoms with Gasteiger partial charge in [-0.3, -0.25) is 0 Å². The minimum atomic E-state index is 0.180. The molecule has 0 N–H and O–H groups in total. The first kappa shape index (κ1) is 12.9. The molecule has 2 aromatic rings. The van der Waals surface area contributed by atoms with Crippen molar-refractivity contribution in [2.45, 2.75) is 5.88 Å². The lowest BCUT2D eigenvalue weighted by atomic mass is 10.2. The van der Waals surface area contributed by atoms with Crippen LogP contribution in [0.15, 0.2) is 12.1 Å². The summed E-state index contributed by atoms with van der Waals surface area (Å²) in [4.78, 5) is 0. The van der Waals surface area contributed by atoms with Crippen LogP contribution >= 0.6 is 23.2 Å². The first-order chi connectivity index (χ1) is 8.71.